The van der Waals surface area contributed by atoms with E-state index in [1.54, 1.807) is 4.90 Å². The molecule has 0 aliphatic carbocycles. The molecule has 1 aliphatic heterocycles. The highest BCUT2D eigenvalue weighted by atomic mass is 16.5. The summed E-state index contributed by atoms with van der Waals surface area (Å²) in [6.07, 6.45) is 1.50. The number of hydrogen-bond donors (Lipinski definition) is 1. The van der Waals surface area contributed by atoms with Crippen molar-refractivity contribution in [2.45, 2.75) is 46.1 Å². The molecule has 2 amide bonds. The molecule has 1 N–H and O–H groups in total. The van der Waals surface area contributed by atoms with Crippen LogP contribution in [-0.2, 0) is 9.59 Å². The molecule has 0 saturated carbocycles. The zero-order chi connectivity index (χ0) is 19.4. The van der Waals surface area contributed by atoms with Gasteiger partial charge in [-0.1, -0.05) is 24.6 Å². The van der Waals surface area contributed by atoms with Crippen LogP contribution in [0.2, 0.25) is 0 Å². The normalized spacial score (nSPS) is 14.9. The van der Waals surface area contributed by atoms with Crippen molar-refractivity contribution in [3.05, 3.63) is 53.6 Å². The molecular weight excluding hydrogens is 340 g/mol. The highest BCUT2D eigenvalue weighted by Gasteiger charge is 2.22. The average Bonchev–Trinajstić information content (AvgIpc) is 3.07. The zero-order valence-electron chi connectivity index (χ0n) is 16.1. The number of rotatable bonds is 6. The molecule has 1 fully saturated rings. The molecule has 5 heteroatoms. The van der Waals surface area contributed by atoms with Gasteiger partial charge in [-0.05, 0) is 62.6 Å². The number of carbonyl (C=O) groups excluding carboxylic acids is 2. The first-order chi connectivity index (χ1) is 13.0. The third kappa shape index (κ3) is 4.48. The summed E-state index contributed by atoms with van der Waals surface area (Å²) in [6, 6.07) is 13.3. The van der Waals surface area contributed by atoms with E-state index in [0.29, 0.717) is 18.5 Å². The Kier molecular flexibility index (Phi) is 5.79. The van der Waals surface area contributed by atoms with Gasteiger partial charge in [-0.25, -0.2) is 0 Å². The molecule has 0 spiro atoms. The number of amides is 2. The molecule has 1 atom stereocenters. The van der Waals surface area contributed by atoms with Crippen LogP contribution in [0.4, 0.5) is 11.4 Å². The fourth-order valence-corrected chi connectivity index (χ4v) is 3.28. The minimum Gasteiger partial charge on any atom is -0.480 e. The lowest BCUT2D eigenvalue weighted by atomic mass is 10.1. The van der Waals surface area contributed by atoms with Crippen molar-refractivity contribution < 1.29 is 14.3 Å². The van der Waals surface area contributed by atoms with Crippen molar-refractivity contribution in [2.75, 3.05) is 16.8 Å². The molecule has 1 saturated heterocycles. The Labute approximate surface area is 160 Å². The first-order valence-corrected chi connectivity index (χ1v) is 9.43. The maximum absolute atomic E-state index is 12.6. The summed E-state index contributed by atoms with van der Waals surface area (Å²) >= 11 is 0. The Hall–Kier alpha value is -2.82. The van der Waals surface area contributed by atoms with Crippen LogP contribution in [0.15, 0.2) is 42.5 Å². The van der Waals surface area contributed by atoms with Crippen molar-refractivity contribution >= 4 is 23.2 Å². The third-order valence-electron chi connectivity index (χ3n) is 4.78. The van der Waals surface area contributed by atoms with E-state index in [0.717, 1.165) is 35.5 Å². The number of benzene rings is 2. The van der Waals surface area contributed by atoms with Crippen LogP contribution in [0.5, 0.6) is 5.75 Å². The van der Waals surface area contributed by atoms with Crippen LogP contribution in [0.25, 0.3) is 0 Å². The van der Waals surface area contributed by atoms with Gasteiger partial charge in [-0.2, -0.15) is 0 Å². The minimum absolute atomic E-state index is 0.153. The predicted octanol–water partition coefficient (Wildman–Crippen LogP) is 4.23. The van der Waals surface area contributed by atoms with Crippen molar-refractivity contribution in [3.8, 4) is 5.75 Å². The fraction of sp³-hybridized carbons (Fsp3) is 0.364. The van der Waals surface area contributed by atoms with Crippen LogP contribution in [0, 0.1) is 13.8 Å². The standard InChI is InChI=1S/C22H26N2O3/c1-4-19(27-20-12-7-15(2)14-16(20)3)22(26)23-17-8-10-18(11-9-17)24-13-5-6-21(24)25/h7-12,14,19H,4-6,13H2,1-3H3,(H,23,26)/t19-/m1/s1. The Balaban J connectivity index is 1.65. The Bertz CT molecular complexity index is 830. The Morgan fingerprint density at radius 1 is 1.19 bits per heavy atom. The van der Waals surface area contributed by atoms with Gasteiger partial charge >= 0.3 is 0 Å². The minimum atomic E-state index is -0.564. The molecule has 5 nitrogen and oxygen atoms in total. The average molecular weight is 366 g/mol. The topological polar surface area (TPSA) is 58.6 Å². The second-order valence-corrected chi connectivity index (χ2v) is 6.97. The van der Waals surface area contributed by atoms with Crippen LogP contribution in [-0.4, -0.2) is 24.5 Å². The molecule has 142 valence electrons. The van der Waals surface area contributed by atoms with Gasteiger partial charge in [0, 0.05) is 24.3 Å². The van der Waals surface area contributed by atoms with Gasteiger partial charge in [-0.3, -0.25) is 9.59 Å². The maximum Gasteiger partial charge on any atom is 0.265 e. The second kappa shape index (κ2) is 8.25. The molecule has 27 heavy (non-hydrogen) atoms. The molecule has 0 bridgehead atoms. The first-order valence-electron chi connectivity index (χ1n) is 9.43. The molecule has 2 aromatic carbocycles. The number of ether oxygens (including phenoxy) is 1. The van der Waals surface area contributed by atoms with E-state index >= 15 is 0 Å². The van der Waals surface area contributed by atoms with Crippen LogP contribution in [0.3, 0.4) is 0 Å². The SMILES string of the molecule is CC[C@@H](Oc1ccc(C)cc1C)C(=O)Nc1ccc(N2CCCC2=O)cc1. The van der Waals surface area contributed by atoms with Gasteiger partial charge < -0.3 is 15.0 Å². The van der Waals surface area contributed by atoms with E-state index in [1.165, 1.54) is 0 Å². The molecule has 0 aromatic heterocycles. The smallest absolute Gasteiger partial charge is 0.265 e. The molecule has 1 aliphatic rings. The number of hydrogen-bond acceptors (Lipinski definition) is 3. The monoisotopic (exact) mass is 366 g/mol. The lowest BCUT2D eigenvalue weighted by molar-refractivity contribution is -0.122. The van der Waals surface area contributed by atoms with Crippen molar-refractivity contribution in [3.63, 3.8) is 0 Å². The lowest BCUT2D eigenvalue weighted by Crippen LogP contribution is -2.32. The summed E-state index contributed by atoms with van der Waals surface area (Å²) in [6.45, 7) is 6.69. The Morgan fingerprint density at radius 2 is 1.93 bits per heavy atom. The van der Waals surface area contributed by atoms with Crippen molar-refractivity contribution in [1.82, 2.24) is 0 Å². The van der Waals surface area contributed by atoms with Crippen molar-refractivity contribution in [2.24, 2.45) is 0 Å². The highest BCUT2D eigenvalue weighted by molar-refractivity contribution is 5.97. The van der Waals surface area contributed by atoms with Crippen LogP contribution >= 0.6 is 0 Å². The molecule has 0 unspecified atom stereocenters. The zero-order valence-corrected chi connectivity index (χ0v) is 16.1. The first kappa shape index (κ1) is 19.0. The molecule has 1 heterocycles. The number of nitrogens with one attached hydrogen (secondary N) is 1. The van der Waals surface area contributed by atoms with Crippen LogP contribution < -0.4 is 15.0 Å². The summed E-state index contributed by atoms with van der Waals surface area (Å²) in [5, 5.41) is 2.91. The van der Waals surface area contributed by atoms with Gasteiger partial charge in [0.25, 0.3) is 5.91 Å². The molecule has 3 rings (SSSR count). The largest absolute Gasteiger partial charge is 0.480 e. The van der Waals surface area contributed by atoms with Gasteiger partial charge in [-0.15, -0.1) is 0 Å². The summed E-state index contributed by atoms with van der Waals surface area (Å²) in [7, 11) is 0. The van der Waals surface area contributed by atoms with Gasteiger partial charge in [0.1, 0.15) is 5.75 Å². The van der Waals surface area contributed by atoms with E-state index in [2.05, 4.69) is 5.32 Å². The van der Waals surface area contributed by atoms with E-state index in [4.69, 9.17) is 4.74 Å². The highest BCUT2D eigenvalue weighted by Crippen LogP contribution is 2.24. The van der Waals surface area contributed by atoms with Gasteiger partial charge in [0.15, 0.2) is 6.10 Å². The third-order valence-corrected chi connectivity index (χ3v) is 4.78. The predicted molar refractivity (Wildman–Crippen MR) is 107 cm³/mol. The number of nitrogens with zero attached hydrogens (tertiary/aromatic N) is 1. The van der Waals surface area contributed by atoms with Gasteiger partial charge in [0.05, 0.1) is 0 Å². The quantitative estimate of drug-likeness (QED) is 0.832. The van der Waals surface area contributed by atoms with E-state index in [9.17, 15) is 9.59 Å². The van der Waals surface area contributed by atoms with Crippen molar-refractivity contribution in [1.29, 1.82) is 0 Å². The van der Waals surface area contributed by atoms with E-state index in [1.807, 2.05) is 63.2 Å². The van der Waals surface area contributed by atoms with E-state index in [-0.39, 0.29) is 11.8 Å². The number of anilines is 2. The summed E-state index contributed by atoms with van der Waals surface area (Å²) < 4.78 is 5.94. The Morgan fingerprint density at radius 3 is 2.52 bits per heavy atom. The summed E-state index contributed by atoms with van der Waals surface area (Å²) in [4.78, 5) is 26.2. The summed E-state index contributed by atoms with van der Waals surface area (Å²) in [5.41, 5.74) is 3.74. The van der Waals surface area contributed by atoms with Crippen LogP contribution in [0.1, 0.15) is 37.3 Å². The molecular formula is C22H26N2O3. The van der Waals surface area contributed by atoms with E-state index < -0.39 is 6.10 Å². The second-order valence-electron chi connectivity index (χ2n) is 6.97. The number of aryl methyl sites for hydroxylation is 2. The number of carbonyl (C=O) groups is 2. The fourth-order valence-electron chi connectivity index (χ4n) is 3.28. The maximum atomic E-state index is 12.6. The molecule has 0 radical (unpaired) electrons. The molecule has 2 aromatic rings. The summed E-state index contributed by atoms with van der Waals surface area (Å²) in [5.74, 6) is 0.702. The van der Waals surface area contributed by atoms with Gasteiger partial charge in [0.2, 0.25) is 5.91 Å². The lowest BCUT2D eigenvalue weighted by Gasteiger charge is -2.19.